The summed E-state index contributed by atoms with van der Waals surface area (Å²) >= 11 is 0. The van der Waals surface area contributed by atoms with E-state index in [9.17, 15) is 19.5 Å². The van der Waals surface area contributed by atoms with Gasteiger partial charge >= 0.3 is 12.1 Å². The molecule has 2 aliphatic heterocycles. The second-order valence-corrected chi connectivity index (χ2v) is 9.39. The van der Waals surface area contributed by atoms with Crippen molar-refractivity contribution in [3.8, 4) is 11.1 Å². The standard InChI is InChI=1S/C26H28N2O6/c1-16(23(29)28-12-17-13-33-11-10-26(17,15-28)24(30)31)27-25(32)34-14-22-20-8-4-2-6-18(20)19-7-3-5-9-21(19)22/h2-9,16-17,22H,10-15H2,1H3,(H,27,32)(H,30,31)/t16-,17+,26-/m1/s1. The monoisotopic (exact) mass is 464 g/mol. The first kappa shape index (κ1) is 22.4. The molecule has 5 rings (SSSR count). The summed E-state index contributed by atoms with van der Waals surface area (Å²) in [6.45, 7) is 2.89. The molecule has 3 atom stereocenters. The van der Waals surface area contributed by atoms with E-state index >= 15 is 0 Å². The molecule has 0 aromatic heterocycles. The van der Waals surface area contributed by atoms with Gasteiger partial charge in [-0.2, -0.15) is 0 Å². The highest BCUT2D eigenvalue weighted by Crippen LogP contribution is 2.45. The number of hydrogen-bond acceptors (Lipinski definition) is 5. The summed E-state index contributed by atoms with van der Waals surface area (Å²) in [5.41, 5.74) is 3.53. The minimum Gasteiger partial charge on any atom is -0.481 e. The molecule has 2 fully saturated rings. The molecule has 2 aromatic carbocycles. The van der Waals surface area contributed by atoms with Gasteiger partial charge in [0.15, 0.2) is 0 Å². The largest absolute Gasteiger partial charge is 0.481 e. The number of carboxylic acid groups (broad SMARTS) is 1. The van der Waals surface area contributed by atoms with Gasteiger partial charge in [-0.3, -0.25) is 9.59 Å². The van der Waals surface area contributed by atoms with Gasteiger partial charge in [0.05, 0.1) is 12.0 Å². The molecule has 0 spiro atoms. The number of nitrogens with zero attached hydrogens (tertiary/aromatic N) is 1. The van der Waals surface area contributed by atoms with Crippen LogP contribution in [0.1, 0.15) is 30.4 Å². The molecule has 2 saturated heterocycles. The van der Waals surface area contributed by atoms with Crippen LogP contribution in [0.2, 0.25) is 0 Å². The molecular formula is C26H28N2O6. The molecule has 3 aliphatic rings. The molecule has 2 aromatic rings. The van der Waals surface area contributed by atoms with Crippen LogP contribution in [0.5, 0.6) is 0 Å². The summed E-state index contributed by atoms with van der Waals surface area (Å²) in [6, 6.07) is 15.3. The Bertz CT molecular complexity index is 1090. The van der Waals surface area contributed by atoms with Gasteiger partial charge in [0, 0.05) is 31.5 Å². The number of ether oxygens (including phenoxy) is 2. The highest BCUT2D eigenvalue weighted by atomic mass is 16.5. The van der Waals surface area contributed by atoms with E-state index in [0.29, 0.717) is 26.2 Å². The van der Waals surface area contributed by atoms with Crippen molar-refractivity contribution in [2.45, 2.75) is 25.3 Å². The number of rotatable bonds is 5. The second-order valence-electron chi connectivity index (χ2n) is 9.39. The lowest BCUT2D eigenvalue weighted by atomic mass is 9.74. The summed E-state index contributed by atoms with van der Waals surface area (Å²) in [4.78, 5) is 39.1. The predicted molar refractivity (Wildman–Crippen MR) is 123 cm³/mol. The van der Waals surface area contributed by atoms with Crippen LogP contribution in [0.15, 0.2) is 48.5 Å². The van der Waals surface area contributed by atoms with E-state index in [1.54, 1.807) is 6.92 Å². The maximum absolute atomic E-state index is 13.0. The quantitative estimate of drug-likeness (QED) is 0.705. The Morgan fingerprint density at radius 3 is 2.41 bits per heavy atom. The smallest absolute Gasteiger partial charge is 0.407 e. The second kappa shape index (κ2) is 8.76. The van der Waals surface area contributed by atoms with E-state index < -0.39 is 23.5 Å². The van der Waals surface area contributed by atoms with Gasteiger partial charge in [-0.1, -0.05) is 48.5 Å². The average molecular weight is 465 g/mol. The average Bonchev–Trinajstić information content (AvgIpc) is 3.39. The lowest BCUT2D eigenvalue weighted by Gasteiger charge is -2.33. The van der Waals surface area contributed by atoms with Gasteiger partial charge in [0.1, 0.15) is 12.6 Å². The third-order valence-corrected chi connectivity index (χ3v) is 7.49. The van der Waals surface area contributed by atoms with Gasteiger partial charge in [0.2, 0.25) is 5.91 Å². The zero-order valence-electron chi connectivity index (χ0n) is 19.0. The molecule has 178 valence electrons. The molecule has 8 nitrogen and oxygen atoms in total. The van der Waals surface area contributed by atoms with Gasteiger partial charge in [0.25, 0.3) is 0 Å². The number of hydrogen-bond donors (Lipinski definition) is 2. The Morgan fingerprint density at radius 1 is 1.15 bits per heavy atom. The number of nitrogens with one attached hydrogen (secondary N) is 1. The fourth-order valence-corrected chi connectivity index (χ4v) is 5.62. The first-order valence-corrected chi connectivity index (χ1v) is 11.6. The number of likely N-dealkylation sites (tertiary alicyclic amines) is 1. The van der Waals surface area contributed by atoms with E-state index in [1.807, 2.05) is 36.4 Å². The number of carboxylic acids is 1. The number of carbonyl (C=O) groups is 3. The van der Waals surface area contributed by atoms with Crippen LogP contribution in [-0.2, 0) is 19.1 Å². The molecule has 2 heterocycles. The minimum atomic E-state index is -0.975. The van der Waals surface area contributed by atoms with Crippen LogP contribution in [0.3, 0.4) is 0 Å². The van der Waals surface area contributed by atoms with Crippen LogP contribution >= 0.6 is 0 Å². The molecular weight excluding hydrogens is 436 g/mol. The van der Waals surface area contributed by atoms with E-state index in [4.69, 9.17) is 9.47 Å². The maximum Gasteiger partial charge on any atom is 0.407 e. The maximum atomic E-state index is 13.0. The predicted octanol–water partition coefficient (Wildman–Crippen LogP) is 2.86. The Labute approximate surface area is 197 Å². The zero-order valence-corrected chi connectivity index (χ0v) is 19.0. The van der Waals surface area contributed by atoms with Crippen LogP contribution in [0, 0.1) is 11.3 Å². The van der Waals surface area contributed by atoms with Crippen molar-refractivity contribution in [3.63, 3.8) is 0 Å². The van der Waals surface area contributed by atoms with E-state index in [2.05, 4.69) is 17.4 Å². The Hall–Kier alpha value is -3.39. The molecule has 2 N–H and O–H groups in total. The first-order valence-electron chi connectivity index (χ1n) is 11.6. The third-order valence-electron chi connectivity index (χ3n) is 7.49. The summed E-state index contributed by atoms with van der Waals surface area (Å²) in [5, 5.41) is 12.4. The van der Waals surface area contributed by atoms with E-state index in [-0.39, 0.29) is 30.9 Å². The third kappa shape index (κ3) is 3.72. The van der Waals surface area contributed by atoms with Crippen LogP contribution in [-0.4, -0.2) is 66.9 Å². The van der Waals surface area contributed by atoms with Crippen LogP contribution in [0.25, 0.3) is 11.1 Å². The molecule has 0 bridgehead atoms. The fraction of sp³-hybridized carbons (Fsp3) is 0.423. The number of amides is 2. The van der Waals surface area contributed by atoms with Gasteiger partial charge in [-0.25, -0.2) is 4.79 Å². The summed E-state index contributed by atoms with van der Waals surface area (Å²) in [7, 11) is 0. The molecule has 34 heavy (non-hydrogen) atoms. The number of alkyl carbamates (subject to hydrolysis) is 1. The molecule has 8 heteroatoms. The first-order chi connectivity index (χ1) is 16.4. The van der Waals surface area contributed by atoms with Crippen molar-refractivity contribution >= 4 is 18.0 Å². The summed E-state index contributed by atoms with van der Waals surface area (Å²) in [6.07, 6.45) is -0.291. The molecule has 0 saturated carbocycles. The summed E-state index contributed by atoms with van der Waals surface area (Å²) < 4.78 is 11.0. The highest BCUT2D eigenvalue weighted by molar-refractivity contribution is 5.87. The number of benzene rings is 2. The zero-order chi connectivity index (χ0) is 23.9. The van der Waals surface area contributed by atoms with Gasteiger partial charge < -0.3 is 24.8 Å². The fourth-order valence-electron chi connectivity index (χ4n) is 5.62. The Kier molecular flexibility index (Phi) is 5.77. The van der Waals surface area contributed by atoms with Gasteiger partial charge in [-0.15, -0.1) is 0 Å². The van der Waals surface area contributed by atoms with Crippen molar-refractivity contribution in [1.29, 1.82) is 0 Å². The van der Waals surface area contributed by atoms with Crippen LogP contribution in [0.4, 0.5) is 4.79 Å². The van der Waals surface area contributed by atoms with Crippen LogP contribution < -0.4 is 5.32 Å². The minimum absolute atomic E-state index is 0.0683. The van der Waals surface area contributed by atoms with Crippen molar-refractivity contribution in [2.24, 2.45) is 11.3 Å². The Morgan fingerprint density at radius 2 is 1.79 bits per heavy atom. The lowest BCUT2D eigenvalue weighted by molar-refractivity contribution is -0.157. The van der Waals surface area contributed by atoms with Crippen molar-refractivity contribution in [2.75, 3.05) is 32.9 Å². The highest BCUT2D eigenvalue weighted by Gasteiger charge is 2.55. The van der Waals surface area contributed by atoms with Crippen molar-refractivity contribution < 1.29 is 29.0 Å². The van der Waals surface area contributed by atoms with Crippen molar-refractivity contribution in [3.05, 3.63) is 59.7 Å². The van der Waals surface area contributed by atoms with Crippen molar-refractivity contribution in [1.82, 2.24) is 10.2 Å². The summed E-state index contributed by atoms with van der Waals surface area (Å²) in [5.74, 6) is -1.53. The molecule has 1 aliphatic carbocycles. The lowest BCUT2D eigenvalue weighted by Crippen LogP contribution is -2.48. The molecule has 0 radical (unpaired) electrons. The SMILES string of the molecule is C[C@@H](NC(=O)OCC1c2ccccc2-c2ccccc21)C(=O)N1C[C@H]2COCC[C@@]2(C(=O)O)C1. The normalized spacial score (nSPS) is 24.0. The van der Waals surface area contributed by atoms with Gasteiger partial charge in [-0.05, 0) is 35.6 Å². The number of carbonyl (C=O) groups excluding carboxylic acids is 2. The van der Waals surface area contributed by atoms with E-state index in [0.717, 1.165) is 22.3 Å². The Balaban J connectivity index is 1.20. The number of aliphatic carboxylic acids is 1. The van der Waals surface area contributed by atoms with E-state index in [1.165, 1.54) is 4.90 Å². The molecule has 0 unspecified atom stereocenters. The molecule has 2 amide bonds. The topological polar surface area (TPSA) is 105 Å². The number of fused-ring (bicyclic) bond motifs is 4.